The summed E-state index contributed by atoms with van der Waals surface area (Å²) in [6.07, 6.45) is 0.615. The van der Waals surface area contributed by atoms with Crippen LogP contribution in [0.1, 0.15) is 21.5 Å². The van der Waals surface area contributed by atoms with Crippen LogP contribution in [0, 0.1) is 18.7 Å². The maximum Gasteiger partial charge on any atom is 0.251 e. The van der Waals surface area contributed by atoms with Gasteiger partial charge in [-0.05, 0) is 48.6 Å². The van der Waals surface area contributed by atoms with E-state index in [0.29, 0.717) is 24.1 Å². The Morgan fingerprint density at radius 3 is 2.48 bits per heavy atom. The fraction of sp³-hybridized carbons (Fsp3) is 0.278. The Bertz CT molecular complexity index is 712. The summed E-state index contributed by atoms with van der Waals surface area (Å²) >= 11 is 0. The Kier molecular flexibility index (Phi) is 5.47. The summed E-state index contributed by atoms with van der Waals surface area (Å²) in [6, 6.07) is 10.2. The van der Waals surface area contributed by atoms with Crippen molar-refractivity contribution in [3.8, 4) is 11.1 Å². The van der Waals surface area contributed by atoms with Gasteiger partial charge in [0.25, 0.3) is 5.91 Å². The molecule has 0 saturated heterocycles. The molecule has 0 aromatic heterocycles. The smallest absolute Gasteiger partial charge is 0.251 e. The molecule has 4 nitrogen and oxygen atoms in total. The predicted molar refractivity (Wildman–Crippen MR) is 88.4 cm³/mol. The number of halogens is 1. The van der Waals surface area contributed by atoms with Crippen LogP contribution < -0.4 is 11.5 Å². The van der Waals surface area contributed by atoms with Gasteiger partial charge in [-0.1, -0.05) is 30.3 Å². The topological polar surface area (TPSA) is 89.3 Å². The molecule has 122 valence electrons. The number of nitrogens with two attached hydrogens (primary N) is 2. The van der Waals surface area contributed by atoms with Crippen LogP contribution >= 0.6 is 0 Å². The minimum atomic E-state index is -0.790. The van der Waals surface area contributed by atoms with Gasteiger partial charge in [0.15, 0.2) is 0 Å². The van der Waals surface area contributed by atoms with Gasteiger partial charge in [0.1, 0.15) is 5.82 Å². The largest absolute Gasteiger partial charge is 0.396 e. The Labute approximate surface area is 134 Å². The van der Waals surface area contributed by atoms with Crippen molar-refractivity contribution in [2.75, 3.05) is 13.2 Å². The average Bonchev–Trinajstić information content (AvgIpc) is 2.54. The Balaban J connectivity index is 2.49. The number of aliphatic hydroxyl groups excluding tert-OH is 1. The number of carbonyl (C=O) groups excluding carboxylic acids is 1. The van der Waals surface area contributed by atoms with Crippen LogP contribution in [0.2, 0.25) is 0 Å². The highest BCUT2D eigenvalue weighted by molar-refractivity contribution is 5.94. The summed E-state index contributed by atoms with van der Waals surface area (Å²) in [7, 11) is 0. The summed E-state index contributed by atoms with van der Waals surface area (Å²) in [6.45, 7) is 2.28. The third-order valence-corrected chi connectivity index (χ3v) is 4.10. The number of amides is 1. The molecule has 2 rings (SSSR count). The van der Waals surface area contributed by atoms with Crippen LogP contribution in [-0.2, 0) is 6.42 Å². The van der Waals surface area contributed by atoms with E-state index in [-0.39, 0.29) is 18.1 Å². The zero-order valence-corrected chi connectivity index (χ0v) is 13.1. The van der Waals surface area contributed by atoms with Gasteiger partial charge in [-0.2, -0.15) is 0 Å². The molecule has 0 heterocycles. The quantitative estimate of drug-likeness (QED) is 0.761. The summed E-state index contributed by atoms with van der Waals surface area (Å²) in [5, 5.41) is 9.31. The Hall–Kier alpha value is -2.24. The number of primary amides is 1. The van der Waals surface area contributed by atoms with E-state index in [1.807, 2.05) is 19.1 Å². The molecule has 0 bridgehead atoms. The fourth-order valence-corrected chi connectivity index (χ4v) is 2.66. The van der Waals surface area contributed by atoms with E-state index < -0.39 is 11.7 Å². The first-order valence-corrected chi connectivity index (χ1v) is 7.47. The third-order valence-electron chi connectivity index (χ3n) is 4.10. The normalized spacial score (nSPS) is 12.2. The zero-order valence-electron chi connectivity index (χ0n) is 13.1. The highest BCUT2D eigenvalue weighted by Gasteiger charge is 2.17. The molecule has 2 aromatic carbocycles. The van der Waals surface area contributed by atoms with Gasteiger partial charge in [-0.3, -0.25) is 4.79 Å². The van der Waals surface area contributed by atoms with Gasteiger partial charge in [0.2, 0.25) is 0 Å². The molecule has 5 heteroatoms. The molecular formula is C18H21FN2O2. The van der Waals surface area contributed by atoms with Gasteiger partial charge in [0.05, 0.1) is 5.56 Å². The van der Waals surface area contributed by atoms with Crippen molar-refractivity contribution < 1.29 is 14.3 Å². The highest BCUT2D eigenvalue weighted by Crippen LogP contribution is 2.30. The highest BCUT2D eigenvalue weighted by atomic mass is 19.1. The number of hydrogen-bond donors (Lipinski definition) is 3. The van der Waals surface area contributed by atoms with Gasteiger partial charge < -0.3 is 16.6 Å². The van der Waals surface area contributed by atoms with Gasteiger partial charge >= 0.3 is 0 Å². The van der Waals surface area contributed by atoms with Crippen molar-refractivity contribution in [3.63, 3.8) is 0 Å². The van der Waals surface area contributed by atoms with Crippen molar-refractivity contribution in [3.05, 3.63) is 58.9 Å². The summed E-state index contributed by atoms with van der Waals surface area (Å²) in [5.74, 6) is -1.44. The number of carbonyl (C=O) groups is 1. The van der Waals surface area contributed by atoms with Crippen LogP contribution in [0.3, 0.4) is 0 Å². The molecule has 23 heavy (non-hydrogen) atoms. The second-order valence-electron chi connectivity index (χ2n) is 5.61. The number of rotatable bonds is 6. The van der Waals surface area contributed by atoms with Crippen molar-refractivity contribution in [1.82, 2.24) is 0 Å². The second-order valence-corrected chi connectivity index (χ2v) is 5.61. The molecule has 2 aromatic rings. The van der Waals surface area contributed by atoms with E-state index in [4.69, 9.17) is 11.5 Å². The lowest BCUT2D eigenvalue weighted by atomic mass is 9.90. The number of hydrogen-bond acceptors (Lipinski definition) is 3. The molecule has 1 unspecified atom stereocenters. The van der Waals surface area contributed by atoms with Crippen LogP contribution in [0.5, 0.6) is 0 Å². The van der Waals surface area contributed by atoms with E-state index in [1.54, 1.807) is 18.2 Å². The summed E-state index contributed by atoms with van der Waals surface area (Å²) in [5.41, 5.74) is 13.7. The van der Waals surface area contributed by atoms with E-state index in [9.17, 15) is 14.3 Å². The Morgan fingerprint density at radius 1 is 1.22 bits per heavy atom. The van der Waals surface area contributed by atoms with Crippen LogP contribution in [0.25, 0.3) is 11.1 Å². The lowest BCUT2D eigenvalue weighted by Gasteiger charge is -2.16. The zero-order chi connectivity index (χ0) is 17.0. The molecule has 0 spiro atoms. The van der Waals surface area contributed by atoms with Crippen molar-refractivity contribution in [2.45, 2.75) is 13.3 Å². The van der Waals surface area contributed by atoms with Crippen LogP contribution in [-0.4, -0.2) is 24.2 Å². The van der Waals surface area contributed by atoms with Crippen molar-refractivity contribution in [1.29, 1.82) is 0 Å². The molecular weight excluding hydrogens is 295 g/mol. The van der Waals surface area contributed by atoms with Gasteiger partial charge in [0, 0.05) is 12.2 Å². The number of benzene rings is 2. The maximum absolute atomic E-state index is 14.6. The minimum Gasteiger partial charge on any atom is -0.396 e. The third kappa shape index (κ3) is 3.57. The lowest BCUT2D eigenvalue weighted by Crippen LogP contribution is -2.20. The molecule has 0 saturated carbocycles. The van der Waals surface area contributed by atoms with Crippen LogP contribution in [0.15, 0.2) is 36.4 Å². The van der Waals surface area contributed by atoms with E-state index in [0.717, 1.165) is 11.1 Å². The summed E-state index contributed by atoms with van der Waals surface area (Å²) in [4.78, 5) is 11.3. The number of aliphatic hydroxyl groups is 1. The SMILES string of the molecule is Cc1c(CC(CN)CO)cccc1-c1cccc(C(N)=O)c1F. The van der Waals surface area contributed by atoms with Crippen molar-refractivity contribution >= 4 is 5.91 Å². The first kappa shape index (κ1) is 17.1. The first-order chi connectivity index (χ1) is 11.0. The molecule has 0 radical (unpaired) electrons. The Morgan fingerprint density at radius 2 is 1.87 bits per heavy atom. The van der Waals surface area contributed by atoms with Gasteiger partial charge in [-0.25, -0.2) is 4.39 Å². The molecule has 0 aliphatic rings. The second kappa shape index (κ2) is 7.35. The molecule has 0 aliphatic heterocycles. The average molecular weight is 316 g/mol. The van der Waals surface area contributed by atoms with Crippen LogP contribution in [0.4, 0.5) is 4.39 Å². The standard InChI is InChI=1S/C18H21FN2O2/c1-11-13(8-12(9-20)10-22)4-2-5-14(11)15-6-3-7-16(17(15)19)18(21)23/h2-7,12,22H,8-10,20H2,1H3,(H2,21,23). The molecule has 0 fully saturated rings. The molecule has 0 aliphatic carbocycles. The summed E-state index contributed by atoms with van der Waals surface area (Å²) < 4.78 is 14.6. The molecule has 5 N–H and O–H groups in total. The van der Waals surface area contributed by atoms with E-state index in [2.05, 4.69) is 0 Å². The van der Waals surface area contributed by atoms with Gasteiger partial charge in [-0.15, -0.1) is 0 Å². The first-order valence-electron chi connectivity index (χ1n) is 7.47. The lowest BCUT2D eigenvalue weighted by molar-refractivity contribution is 0.0996. The fourth-order valence-electron chi connectivity index (χ4n) is 2.66. The molecule has 1 atom stereocenters. The van der Waals surface area contributed by atoms with E-state index in [1.165, 1.54) is 6.07 Å². The predicted octanol–water partition coefficient (Wildman–Crippen LogP) is 2.01. The van der Waals surface area contributed by atoms with Crippen molar-refractivity contribution in [2.24, 2.45) is 17.4 Å². The minimum absolute atomic E-state index is 0.00564. The van der Waals surface area contributed by atoms with E-state index >= 15 is 0 Å². The monoisotopic (exact) mass is 316 g/mol. The molecule has 1 amide bonds. The maximum atomic E-state index is 14.6.